The first kappa shape index (κ1) is 22.6. The molecule has 12 heteroatoms. The lowest BCUT2D eigenvalue weighted by molar-refractivity contribution is -0.0969. The van der Waals surface area contributed by atoms with Crippen LogP contribution in [0.25, 0.3) is 0 Å². The molecule has 0 spiro atoms. The Morgan fingerprint density at radius 1 is 1.15 bits per heavy atom. The smallest absolute Gasteiger partial charge is 0.387 e. The molecule has 6 nitrogen and oxygen atoms in total. The van der Waals surface area contributed by atoms with Gasteiger partial charge in [-0.15, -0.1) is 4.13 Å². The Bertz CT molecular complexity index is 839. The minimum Gasteiger partial charge on any atom is -0.435 e. The minimum absolute atomic E-state index is 0.502. The van der Waals surface area contributed by atoms with E-state index in [-0.39, 0.29) is 0 Å². The summed E-state index contributed by atoms with van der Waals surface area (Å²) in [6.45, 7) is -0.0342. The number of sulfonamides is 2. The number of halogens is 4. The number of ether oxygens (including phenoxy) is 1. The van der Waals surface area contributed by atoms with Gasteiger partial charge in [-0.3, -0.25) is 0 Å². The highest BCUT2D eigenvalue weighted by molar-refractivity contribution is 8.04. The number of hydrogen-bond donors (Lipinski definition) is 1. The Hall–Kier alpha value is -1.40. The zero-order valence-electron chi connectivity index (χ0n) is 14.2. The van der Waals surface area contributed by atoms with Crippen LogP contribution in [0.3, 0.4) is 0 Å². The zero-order chi connectivity index (χ0) is 20.4. The highest BCUT2D eigenvalue weighted by Gasteiger charge is 2.48. The first-order chi connectivity index (χ1) is 11.6. The van der Waals surface area contributed by atoms with Crippen LogP contribution in [0.1, 0.15) is 27.2 Å². The SMILES string of the molecule is CCC(F)(F)C(C)(C)CS(=O)(=O)NS(=O)(=O)c1cccc(OC(F)F)c1. The van der Waals surface area contributed by atoms with Crippen molar-refractivity contribution in [2.45, 2.75) is 44.6 Å². The molecule has 0 saturated carbocycles. The van der Waals surface area contributed by atoms with Crippen LogP contribution < -0.4 is 8.86 Å². The summed E-state index contributed by atoms with van der Waals surface area (Å²) in [5.41, 5.74) is -2.04. The minimum atomic E-state index is -4.71. The fraction of sp³-hybridized carbons (Fsp3) is 0.571. The maximum absolute atomic E-state index is 13.9. The van der Waals surface area contributed by atoms with E-state index in [0.717, 1.165) is 32.0 Å². The van der Waals surface area contributed by atoms with Gasteiger partial charge in [-0.25, -0.2) is 25.6 Å². The molecular weight excluding hydrogens is 402 g/mol. The number of hydrogen-bond acceptors (Lipinski definition) is 5. The summed E-state index contributed by atoms with van der Waals surface area (Å²) < 4.78 is 106. The molecule has 0 aliphatic rings. The topological polar surface area (TPSA) is 89.5 Å². The number of rotatable bonds is 9. The molecule has 0 aliphatic heterocycles. The second kappa shape index (κ2) is 7.69. The summed E-state index contributed by atoms with van der Waals surface area (Å²) in [4.78, 5) is -0.667. The lowest BCUT2D eigenvalue weighted by atomic mass is 9.86. The van der Waals surface area contributed by atoms with Gasteiger partial charge in [-0.1, -0.05) is 26.8 Å². The van der Waals surface area contributed by atoms with Crippen LogP contribution in [0.2, 0.25) is 0 Å². The maximum atomic E-state index is 13.9. The lowest BCUT2D eigenvalue weighted by Gasteiger charge is -2.32. The highest BCUT2D eigenvalue weighted by Crippen LogP contribution is 2.39. The van der Waals surface area contributed by atoms with Crippen LogP contribution in [-0.2, 0) is 20.0 Å². The average Bonchev–Trinajstić information content (AvgIpc) is 2.44. The van der Waals surface area contributed by atoms with Crippen molar-refractivity contribution in [3.63, 3.8) is 0 Å². The fourth-order valence-electron chi connectivity index (χ4n) is 2.12. The van der Waals surface area contributed by atoms with Crippen LogP contribution in [0.15, 0.2) is 29.2 Å². The van der Waals surface area contributed by atoms with E-state index >= 15 is 0 Å². The van der Waals surface area contributed by atoms with Gasteiger partial charge in [0.25, 0.3) is 15.9 Å². The molecule has 0 saturated heterocycles. The Balaban J connectivity index is 3.09. The molecule has 1 N–H and O–H groups in total. The van der Waals surface area contributed by atoms with Crippen molar-refractivity contribution in [3.05, 3.63) is 24.3 Å². The first-order valence-corrected chi connectivity index (χ1v) is 10.4. The summed E-state index contributed by atoms with van der Waals surface area (Å²) in [6.07, 6.45) is -0.630. The molecule has 26 heavy (non-hydrogen) atoms. The van der Waals surface area contributed by atoms with Crippen LogP contribution in [0, 0.1) is 5.41 Å². The van der Waals surface area contributed by atoms with E-state index in [1.165, 1.54) is 11.1 Å². The second-order valence-corrected chi connectivity index (χ2v) is 9.80. The third-order valence-electron chi connectivity index (χ3n) is 3.56. The van der Waals surface area contributed by atoms with Gasteiger partial charge in [0.1, 0.15) is 5.75 Å². The molecule has 1 rings (SSSR count). The van der Waals surface area contributed by atoms with E-state index in [4.69, 9.17) is 0 Å². The van der Waals surface area contributed by atoms with E-state index in [1.54, 1.807) is 0 Å². The number of benzene rings is 1. The van der Waals surface area contributed by atoms with Crippen LogP contribution in [0.5, 0.6) is 5.75 Å². The maximum Gasteiger partial charge on any atom is 0.387 e. The monoisotopic (exact) mass is 421 g/mol. The number of alkyl halides is 4. The fourth-order valence-corrected chi connectivity index (χ4v) is 5.77. The Morgan fingerprint density at radius 3 is 2.23 bits per heavy atom. The van der Waals surface area contributed by atoms with Gasteiger partial charge in [0.05, 0.1) is 10.6 Å². The standard InChI is InChI=1S/C14H19F4NO5S2/c1-4-14(17,18)13(2,3)9-25(20,21)19-26(22,23)11-7-5-6-10(8-11)24-12(15)16/h5-8,12,19H,4,9H2,1-3H3. The van der Waals surface area contributed by atoms with Gasteiger partial charge < -0.3 is 4.74 Å². The third-order valence-corrected chi connectivity index (χ3v) is 7.43. The van der Waals surface area contributed by atoms with Crippen molar-refractivity contribution < 1.29 is 39.1 Å². The summed E-state index contributed by atoms with van der Waals surface area (Å²) in [6, 6.07) is 3.75. The van der Waals surface area contributed by atoms with E-state index in [1.807, 2.05) is 0 Å². The molecule has 1 aromatic carbocycles. The van der Waals surface area contributed by atoms with E-state index in [0.29, 0.717) is 6.07 Å². The molecule has 1 aromatic rings. The van der Waals surface area contributed by atoms with Crippen molar-refractivity contribution in [1.29, 1.82) is 0 Å². The number of nitrogens with one attached hydrogen (secondary N) is 1. The van der Waals surface area contributed by atoms with E-state index in [9.17, 15) is 34.4 Å². The lowest BCUT2D eigenvalue weighted by Crippen LogP contribution is -2.45. The predicted octanol–water partition coefficient (Wildman–Crippen LogP) is 2.97. The Labute approximate surface area is 149 Å². The molecule has 0 radical (unpaired) electrons. The Kier molecular flexibility index (Phi) is 6.69. The molecule has 0 fully saturated rings. The van der Waals surface area contributed by atoms with Crippen molar-refractivity contribution in [2.24, 2.45) is 5.41 Å². The van der Waals surface area contributed by atoms with Gasteiger partial charge in [0.15, 0.2) is 0 Å². The predicted molar refractivity (Wildman–Crippen MR) is 86.2 cm³/mol. The third kappa shape index (κ3) is 5.81. The molecular formula is C14H19F4NO5S2. The summed E-state index contributed by atoms with van der Waals surface area (Å²) in [5, 5.41) is 0. The summed E-state index contributed by atoms with van der Waals surface area (Å²) in [5.74, 6) is -5.01. The van der Waals surface area contributed by atoms with Crippen molar-refractivity contribution in [2.75, 3.05) is 5.75 Å². The highest BCUT2D eigenvalue weighted by atomic mass is 32.3. The van der Waals surface area contributed by atoms with Gasteiger partial charge in [0.2, 0.25) is 10.0 Å². The van der Waals surface area contributed by atoms with Crippen LogP contribution >= 0.6 is 0 Å². The molecule has 0 aliphatic carbocycles. The normalized spacial score (nSPS) is 13.8. The largest absolute Gasteiger partial charge is 0.435 e. The molecule has 0 bridgehead atoms. The molecule has 0 aromatic heterocycles. The van der Waals surface area contributed by atoms with Crippen LogP contribution in [0.4, 0.5) is 17.6 Å². The Morgan fingerprint density at radius 2 is 1.73 bits per heavy atom. The first-order valence-electron chi connectivity index (χ1n) is 7.31. The second-order valence-electron chi connectivity index (χ2n) is 6.14. The van der Waals surface area contributed by atoms with Crippen LogP contribution in [-0.4, -0.2) is 35.1 Å². The molecule has 150 valence electrons. The van der Waals surface area contributed by atoms with Crippen molar-refractivity contribution >= 4 is 20.0 Å². The van der Waals surface area contributed by atoms with Gasteiger partial charge in [-0.05, 0) is 12.1 Å². The van der Waals surface area contributed by atoms with Gasteiger partial charge in [0, 0.05) is 17.9 Å². The molecule has 0 amide bonds. The van der Waals surface area contributed by atoms with Crippen molar-refractivity contribution in [1.82, 2.24) is 4.13 Å². The van der Waals surface area contributed by atoms with E-state index in [2.05, 4.69) is 4.74 Å². The quantitative estimate of drug-likeness (QED) is 0.619. The molecule has 0 unspecified atom stereocenters. The summed E-state index contributed by atoms with van der Waals surface area (Å²) >= 11 is 0. The van der Waals surface area contributed by atoms with Gasteiger partial charge in [-0.2, -0.15) is 8.78 Å². The molecule has 0 heterocycles. The zero-order valence-corrected chi connectivity index (χ0v) is 15.8. The summed E-state index contributed by atoms with van der Waals surface area (Å²) in [7, 11) is -9.39. The average molecular weight is 421 g/mol. The van der Waals surface area contributed by atoms with Gasteiger partial charge >= 0.3 is 6.61 Å². The van der Waals surface area contributed by atoms with Crippen molar-refractivity contribution in [3.8, 4) is 5.75 Å². The molecule has 0 atom stereocenters. The van der Waals surface area contributed by atoms with E-state index < -0.39 is 60.8 Å².